The molecule has 226 valence electrons. The fourth-order valence-corrected chi connectivity index (χ4v) is 5.34. The third kappa shape index (κ3) is 8.08. The van der Waals surface area contributed by atoms with Crippen LogP contribution in [0.2, 0.25) is 0 Å². The third-order valence-corrected chi connectivity index (χ3v) is 7.75. The number of carboxylic acid groups (broad SMARTS) is 1. The first-order chi connectivity index (χ1) is 21.4. The summed E-state index contributed by atoms with van der Waals surface area (Å²) in [5.74, 6) is -1.32. The summed E-state index contributed by atoms with van der Waals surface area (Å²) in [5.41, 5.74) is 5.82. The highest BCUT2D eigenvalue weighted by atomic mass is 16.4. The molecule has 0 bridgehead atoms. The molecule has 4 aromatic rings. The molecule has 1 fully saturated rings. The highest BCUT2D eigenvalue weighted by molar-refractivity contribution is 5.97. The molecule has 9 heteroatoms. The second-order valence-corrected chi connectivity index (χ2v) is 11.0. The van der Waals surface area contributed by atoms with Crippen molar-refractivity contribution in [2.24, 2.45) is 0 Å². The molecule has 1 saturated heterocycles. The highest BCUT2D eigenvalue weighted by Crippen LogP contribution is 2.33. The van der Waals surface area contributed by atoms with Crippen LogP contribution in [0, 0.1) is 0 Å². The quantitative estimate of drug-likeness (QED) is 0.258. The van der Waals surface area contributed by atoms with E-state index in [4.69, 9.17) is 0 Å². The first-order valence-electron chi connectivity index (χ1n) is 14.8. The Kier molecular flexibility index (Phi) is 9.99. The van der Waals surface area contributed by atoms with Crippen LogP contribution in [0.1, 0.15) is 27.9 Å². The molecule has 9 nitrogen and oxygen atoms in total. The fraction of sp³-hybridized carbons (Fsp3) is 0.257. The van der Waals surface area contributed by atoms with E-state index in [0.29, 0.717) is 5.56 Å². The highest BCUT2D eigenvalue weighted by Gasteiger charge is 2.20. The van der Waals surface area contributed by atoms with Crippen LogP contribution in [-0.2, 0) is 22.6 Å². The second-order valence-electron chi connectivity index (χ2n) is 11.0. The molecule has 1 aromatic heterocycles. The summed E-state index contributed by atoms with van der Waals surface area (Å²) < 4.78 is 0. The maximum absolute atomic E-state index is 13.2. The Morgan fingerprint density at radius 3 is 2.34 bits per heavy atom. The minimum atomic E-state index is -0.968. The minimum Gasteiger partial charge on any atom is -0.481 e. The summed E-state index contributed by atoms with van der Waals surface area (Å²) in [7, 11) is 2.11. The fourth-order valence-electron chi connectivity index (χ4n) is 5.34. The molecule has 0 aliphatic carbocycles. The number of likely N-dealkylation sites (N-methyl/N-ethyl adjacent to an activating group) is 1. The molecule has 5 rings (SSSR count). The summed E-state index contributed by atoms with van der Waals surface area (Å²) in [6, 6.07) is 27.0. The molecule has 1 aliphatic heterocycles. The predicted octanol–water partition coefficient (Wildman–Crippen LogP) is 4.80. The standard InChI is InChI=1S/C35H37N5O4/c1-38-17-19-39(20-18-38)32-13-12-29(23-31(32)37-33(41)22-26-7-3-2-4-8-26)28-10-5-9-27(21-28)25-40(16-14-34(42)43)35(44)30-11-6-15-36-24-30/h2-13,15,21,23-24H,14,16-20,22,25H2,1H3,(H,37,41)(H,42,43). The molecule has 0 saturated carbocycles. The number of nitrogens with zero attached hydrogens (tertiary/aromatic N) is 4. The van der Waals surface area contributed by atoms with Gasteiger partial charge in [0.1, 0.15) is 0 Å². The van der Waals surface area contributed by atoms with Gasteiger partial charge in [0, 0.05) is 51.7 Å². The number of nitrogens with one attached hydrogen (secondary N) is 1. The van der Waals surface area contributed by atoms with Crippen molar-refractivity contribution in [3.8, 4) is 11.1 Å². The zero-order valence-electron chi connectivity index (χ0n) is 24.9. The SMILES string of the molecule is CN1CCN(c2ccc(-c3cccc(CN(CCC(=O)O)C(=O)c4cccnc4)c3)cc2NC(=O)Cc2ccccc2)CC1. The van der Waals surface area contributed by atoms with Gasteiger partial charge >= 0.3 is 5.97 Å². The number of benzene rings is 3. The molecule has 0 radical (unpaired) electrons. The van der Waals surface area contributed by atoms with Crippen LogP contribution in [0.4, 0.5) is 11.4 Å². The number of carbonyl (C=O) groups is 3. The molecule has 0 unspecified atom stereocenters. The molecule has 1 aliphatic rings. The number of pyridine rings is 1. The van der Waals surface area contributed by atoms with E-state index in [9.17, 15) is 19.5 Å². The topological polar surface area (TPSA) is 106 Å². The maximum atomic E-state index is 13.2. The number of amides is 2. The average Bonchev–Trinajstić information content (AvgIpc) is 3.04. The monoisotopic (exact) mass is 591 g/mol. The summed E-state index contributed by atoms with van der Waals surface area (Å²) in [6.45, 7) is 3.93. The molecule has 44 heavy (non-hydrogen) atoms. The van der Waals surface area contributed by atoms with Gasteiger partial charge in [0.15, 0.2) is 0 Å². The number of carbonyl (C=O) groups excluding carboxylic acids is 2. The van der Waals surface area contributed by atoms with Gasteiger partial charge in [0.05, 0.1) is 29.8 Å². The Hall–Kier alpha value is -5.02. The van der Waals surface area contributed by atoms with Crippen molar-refractivity contribution in [3.63, 3.8) is 0 Å². The number of piperazine rings is 1. The molecule has 0 atom stereocenters. The zero-order chi connectivity index (χ0) is 30.9. The molecule has 2 N–H and O–H groups in total. The maximum Gasteiger partial charge on any atom is 0.305 e. The minimum absolute atomic E-state index is 0.0740. The van der Waals surface area contributed by atoms with E-state index in [1.807, 2.05) is 60.7 Å². The van der Waals surface area contributed by atoms with E-state index < -0.39 is 5.97 Å². The lowest BCUT2D eigenvalue weighted by molar-refractivity contribution is -0.137. The average molecular weight is 592 g/mol. The second kappa shape index (κ2) is 14.4. The number of aliphatic carboxylic acids is 1. The van der Waals surface area contributed by atoms with Gasteiger partial charge in [-0.3, -0.25) is 19.4 Å². The Bertz CT molecular complexity index is 1590. The van der Waals surface area contributed by atoms with Gasteiger partial charge in [-0.25, -0.2) is 0 Å². The Balaban J connectivity index is 1.41. The van der Waals surface area contributed by atoms with Crippen LogP contribution < -0.4 is 10.2 Å². The van der Waals surface area contributed by atoms with E-state index in [-0.39, 0.29) is 37.7 Å². The summed E-state index contributed by atoms with van der Waals surface area (Å²) in [4.78, 5) is 47.9. The smallest absolute Gasteiger partial charge is 0.305 e. The summed E-state index contributed by atoms with van der Waals surface area (Å²) in [5, 5.41) is 12.5. The van der Waals surface area contributed by atoms with E-state index in [2.05, 4.69) is 39.3 Å². The van der Waals surface area contributed by atoms with Gasteiger partial charge in [0.2, 0.25) is 5.91 Å². The number of aromatic nitrogens is 1. The van der Waals surface area contributed by atoms with Crippen LogP contribution in [0.25, 0.3) is 11.1 Å². The van der Waals surface area contributed by atoms with Crippen LogP contribution >= 0.6 is 0 Å². The van der Waals surface area contributed by atoms with Crippen LogP contribution in [0.15, 0.2) is 97.3 Å². The molecule has 2 amide bonds. The van der Waals surface area contributed by atoms with Crippen molar-refractivity contribution in [2.75, 3.05) is 50.0 Å². The van der Waals surface area contributed by atoms with Gasteiger partial charge in [0.25, 0.3) is 5.91 Å². The van der Waals surface area contributed by atoms with Crippen molar-refractivity contribution < 1.29 is 19.5 Å². The van der Waals surface area contributed by atoms with Gasteiger partial charge in [-0.15, -0.1) is 0 Å². The zero-order valence-corrected chi connectivity index (χ0v) is 24.9. The van der Waals surface area contributed by atoms with Crippen molar-refractivity contribution >= 4 is 29.2 Å². The van der Waals surface area contributed by atoms with Crippen molar-refractivity contribution in [1.82, 2.24) is 14.8 Å². The number of hydrogen-bond donors (Lipinski definition) is 2. The van der Waals surface area contributed by atoms with Gasteiger partial charge in [-0.05, 0) is 59.6 Å². The van der Waals surface area contributed by atoms with E-state index in [0.717, 1.165) is 59.8 Å². The Morgan fingerprint density at radius 1 is 0.864 bits per heavy atom. The molecular weight excluding hydrogens is 554 g/mol. The molecule has 0 spiro atoms. The molecule has 3 aromatic carbocycles. The summed E-state index contributed by atoms with van der Waals surface area (Å²) in [6.07, 6.45) is 3.20. The Morgan fingerprint density at radius 2 is 1.61 bits per heavy atom. The van der Waals surface area contributed by atoms with E-state index in [1.165, 1.54) is 11.1 Å². The third-order valence-electron chi connectivity index (χ3n) is 7.75. The van der Waals surface area contributed by atoms with Crippen LogP contribution in [-0.4, -0.2) is 77.4 Å². The largest absolute Gasteiger partial charge is 0.481 e. The van der Waals surface area contributed by atoms with Crippen molar-refractivity contribution in [2.45, 2.75) is 19.4 Å². The normalized spacial score (nSPS) is 13.3. The van der Waals surface area contributed by atoms with Gasteiger partial charge < -0.3 is 25.1 Å². The van der Waals surface area contributed by atoms with Crippen molar-refractivity contribution in [3.05, 3.63) is 114 Å². The van der Waals surface area contributed by atoms with Gasteiger partial charge in [-0.2, -0.15) is 0 Å². The van der Waals surface area contributed by atoms with Crippen LogP contribution in [0.5, 0.6) is 0 Å². The van der Waals surface area contributed by atoms with Gasteiger partial charge in [-0.1, -0.05) is 54.6 Å². The first-order valence-corrected chi connectivity index (χ1v) is 14.8. The summed E-state index contributed by atoms with van der Waals surface area (Å²) >= 11 is 0. The van der Waals surface area contributed by atoms with E-state index in [1.54, 1.807) is 18.3 Å². The number of rotatable bonds is 11. The van der Waals surface area contributed by atoms with Crippen LogP contribution in [0.3, 0.4) is 0 Å². The lowest BCUT2D eigenvalue weighted by Crippen LogP contribution is -2.44. The van der Waals surface area contributed by atoms with Crippen molar-refractivity contribution in [1.29, 1.82) is 0 Å². The number of carboxylic acids is 1. The lowest BCUT2D eigenvalue weighted by atomic mass is 10.0. The van der Waals surface area contributed by atoms with E-state index >= 15 is 0 Å². The molecule has 2 heterocycles. The lowest BCUT2D eigenvalue weighted by Gasteiger charge is -2.35. The molecular formula is C35H37N5O4. The Labute approximate surface area is 257 Å². The predicted molar refractivity (Wildman–Crippen MR) is 172 cm³/mol. The number of hydrogen-bond acceptors (Lipinski definition) is 6. The first kappa shape index (κ1) is 30.4. The number of anilines is 2.